The maximum atomic E-state index is 10.1. The summed E-state index contributed by atoms with van der Waals surface area (Å²) in [7, 11) is 0. The number of ether oxygens (including phenoxy) is 4. The molecule has 1 aliphatic heterocycles. The van der Waals surface area contributed by atoms with E-state index in [0.717, 1.165) is 5.56 Å². The highest BCUT2D eigenvalue weighted by Gasteiger charge is 2.43. The Morgan fingerprint density at radius 3 is 2.48 bits per heavy atom. The van der Waals surface area contributed by atoms with Gasteiger partial charge in [-0.3, -0.25) is 0 Å². The molecule has 0 bridgehead atoms. The molecule has 1 aromatic rings. The summed E-state index contributed by atoms with van der Waals surface area (Å²) in [4.78, 5) is 0. The summed E-state index contributed by atoms with van der Waals surface area (Å²) < 4.78 is 22.6. The van der Waals surface area contributed by atoms with Crippen LogP contribution in [0.1, 0.15) is 19.4 Å². The third kappa shape index (κ3) is 4.49. The monoisotopic (exact) mass is 296 g/mol. The molecule has 0 aromatic heterocycles. The molecule has 5 nitrogen and oxygen atoms in total. The van der Waals surface area contributed by atoms with E-state index in [9.17, 15) is 5.11 Å². The highest BCUT2D eigenvalue weighted by atomic mass is 16.7. The zero-order valence-electron chi connectivity index (χ0n) is 12.6. The van der Waals surface area contributed by atoms with Crippen LogP contribution in [0.25, 0.3) is 0 Å². The summed E-state index contributed by atoms with van der Waals surface area (Å²) in [5.74, 6) is 0. The van der Waals surface area contributed by atoms with Gasteiger partial charge in [0.1, 0.15) is 18.3 Å². The van der Waals surface area contributed by atoms with E-state index in [1.165, 1.54) is 0 Å². The first-order valence-corrected chi connectivity index (χ1v) is 7.44. The smallest absolute Gasteiger partial charge is 0.186 e. The van der Waals surface area contributed by atoms with Crippen molar-refractivity contribution in [1.29, 1.82) is 0 Å². The summed E-state index contributed by atoms with van der Waals surface area (Å²) in [5, 5.41) is 10.1. The molecule has 1 aromatic carbocycles. The van der Waals surface area contributed by atoms with Crippen molar-refractivity contribution in [3.05, 3.63) is 35.9 Å². The minimum atomic E-state index is -0.665. The predicted molar refractivity (Wildman–Crippen MR) is 77.8 cm³/mol. The summed E-state index contributed by atoms with van der Waals surface area (Å²) >= 11 is 0. The molecule has 0 radical (unpaired) electrons. The van der Waals surface area contributed by atoms with E-state index in [0.29, 0.717) is 19.8 Å². The first-order valence-electron chi connectivity index (χ1n) is 7.44. The maximum Gasteiger partial charge on any atom is 0.186 e. The average Bonchev–Trinajstić information content (AvgIpc) is 2.87. The fourth-order valence-corrected chi connectivity index (χ4v) is 2.39. The van der Waals surface area contributed by atoms with E-state index in [2.05, 4.69) is 0 Å². The van der Waals surface area contributed by atoms with Crippen molar-refractivity contribution in [3.63, 3.8) is 0 Å². The first kappa shape index (κ1) is 16.4. The summed E-state index contributed by atoms with van der Waals surface area (Å²) in [5.41, 5.74) is 1.06. The van der Waals surface area contributed by atoms with Crippen molar-refractivity contribution in [2.24, 2.45) is 0 Å². The molecule has 0 unspecified atom stereocenters. The maximum absolute atomic E-state index is 10.1. The van der Waals surface area contributed by atoms with Crippen molar-refractivity contribution in [2.75, 3.05) is 19.8 Å². The van der Waals surface area contributed by atoms with Crippen LogP contribution >= 0.6 is 0 Å². The van der Waals surface area contributed by atoms with Crippen LogP contribution in [-0.2, 0) is 25.6 Å². The standard InChI is InChI=1S/C16H24O5/c1-3-18-16(19-4-2)15-14(13(17)11-21-15)20-10-12-8-6-5-7-9-12/h5-9,13-17H,3-4,10-11H2,1-2H3/t13-,14+,15-/m1/s1. The number of aliphatic hydroxyl groups is 1. The van der Waals surface area contributed by atoms with Crippen LogP contribution in [0.2, 0.25) is 0 Å². The van der Waals surface area contributed by atoms with Gasteiger partial charge in [0.2, 0.25) is 0 Å². The van der Waals surface area contributed by atoms with Crippen LogP contribution in [0.4, 0.5) is 0 Å². The summed E-state index contributed by atoms with van der Waals surface area (Å²) in [6, 6.07) is 9.85. The highest BCUT2D eigenvalue weighted by molar-refractivity contribution is 5.13. The Hall–Kier alpha value is -0.980. The van der Waals surface area contributed by atoms with Gasteiger partial charge in [-0.1, -0.05) is 30.3 Å². The number of rotatable bonds is 8. The fraction of sp³-hybridized carbons (Fsp3) is 0.625. The molecular formula is C16H24O5. The van der Waals surface area contributed by atoms with Gasteiger partial charge in [-0.25, -0.2) is 0 Å². The van der Waals surface area contributed by atoms with Crippen LogP contribution in [0.15, 0.2) is 30.3 Å². The van der Waals surface area contributed by atoms with Gasteiger partial charge >= 0.3 is 0 Å². The molecule has 0 spiro atoms. The van der Waals surface area contributed by atoms with Crippen molar-refractivity contribution < 1.29 is 24.1 Å². The Labute approximate surface area is 125 Å². The van der Waals surface area contributed by atoms with Crippen LogP contribution in [0.5, 0.6) is 0 Å². The molecule has 0 amide bonds. The third-order valence-electron chi connectivity index (χ3n) is 3.38. The quantitative estimate of drug-likeness (QED) is 0.740. The number of hydrogen-bond acceptors (Lipinski definition) is 5. The molecular weight excluding hydrogens is 272 g/mol. The zero-order chi connectivity index (χ0) is 15.1. The van der Waals surface area contributed by atoms with E-state index >= 15 is 0 Å². The molecule has 21 heavy (non-hydrogen) atoms. The van der Waals surface area contributed by atoms with E-state index < -0.39 is 24.6 Å². The Morgan fingerprint density at radius 2 is 1.86 bits per heavy atom. The number of benzene rings is 1. The molecule has 2 rings (SSSR count). The topological polar surface area (TPSA) is 57.2 Å². The van der Waals surface area contributed by atoms with Gasteiger partial charge in [-0.05, 0) is 19.4 Å². The van der Waals surface area contributed by atoms with Gasteiger partial charge < -0.3 is 24.1 Å². The zero-order valence-corrected chi connectivity index (χ0v) is 12.6. The van der Waals surface area contributed by atoms with Gasteiger partial charge in [-0.2, -0.15) is 0 Å². The molecule has 1 N–H and O–H groups in total. The lowest BCUT2D eigenvalue weighted by Gasteiger charge is -2.27. The minimum Gasteiger partial charge on any atom is -0.388 e. The minimum absolute atomic E-state index is 0.237. The molecule has 1 heterocycles. The van der Waals surface area contributed by atoms with Crippen LogP contribution < -0.4 is 0 Å². The van der Waals surface area contributed by atoms with Crippen molar-refractivity contribution in [3.8, 4) is 0 Å². The van der Waals surface area contributed by atoms with Gasteiger partial charge in [-0.15, -0.1) is 0 Å². The van der Waals surface area contributed by atoms with Crippen molar-refractivity contribution in [1.82, 2.24) is 0 Å². The average molecular weight is 296 g/mol. The van der Waals surface area contributed by atoms with E-state index in [-0.39, 0.29) is 6.61 Å². The lowest BCUT2D eigenvalue weighted by atomic mass is 10.1. The number of aliphatic hydroxyl groups excluding tert-OH is 1. The first-order chi connectivity index (χ1) is 10.3. The van der Waals surface area contributed by atoms with Crippen LogP contribution in [0.3, 0.4) is 0 Å². The van der Waals surface area contributed by atoms with Gasteiger partial charge in [0.25, 0.3) is 0 Å². The molecule has 1 saturated heterocycles. The van der Waals surface area contributed by atoms with Crippen LogP contribution in [0, 0.1) is 0 Å². The van der Waals surface area contributed by atoms with Crippen molar-refractivity contribution in [2.45, 2.75) is 45.1 Å². The lowest BCUT2D eigenvalue weighted by Crippen LogP contribution is -2.43. The van der Waals surface area contributed by atoms with E-state index in [4.69, 9.17) is 18.9 Å². The Morgan fingerprint density at radius 1 is 1.19 bits per heavy atom. The third-order valence-corrected chi connectivity index (χ3v) is 3.38. The highest BCUT2D eigenvalue weighted by Crippen LogP contribution is 2.24. The summed E-state index contributed by atoms with van der Waals surface area (Å²) in [6.07, 6.45) is -2.04. The van der Waals surface area contributed by atoms with Gasteiger partial charge in [0.05, 0.1) is 13.2 Å². The second-order valence-corrected chi connectivity index (χ2v) is 4.91. The Balaban J connectivity index is 1.97. The van der Waals surface area contributed by atoms with Crippen LogP contribution in [-0.4, -0.2) is 49.5 Å². The Kier molecular flexibility index (Phi) is 6.60. The SMILES string of the molecule is CCOC(OCC)[C@@H]1OC[C@@H](O)[C@@H]1OCc1ccccc1. The second-order valence-electron chi connectivity index (χ2n) is 4.91. The molecule has 1 aliphatic rings. The molecule has 5 heteroatoms. The Bertz CT molecular complexity index is 391. The van der Waals surface area contributed by atoms with Gasteiger partial charge in [0.15, 0.2) is 6.29 Å². The van der Waals surface area contributed by atoms with E-state index in [1.807, 2.05) is 44.2 Å². The largest absolute Gasteiger partial charge is 0.388 e. The molecule has 0 saturated carbocycles. The normalized spacial score (nSPS) is 25.6. The van der Waals surface area contributed by atoms with Crippen molar-refractivity contribution >= 4 is 0 Å². The summed E-state index contributed by atoms with van der Waals surface area (Å²) in [6.45, 7) is 5.50. The molecule has 0 aliphatic carbocycles. The molecule has 1 fully saturated rings. The van der Waals surface area contributed by atoms with E-state index in [1.54, 1.807) is 0 Å². The predicted octanol–water partition coefficient (Wildman–Crippen LogP) is 1.73. The molecule has 118 valence electrons. The fourth-order valence-electron chi connectivity index (χ4n) is 2.39. The van der Waals surface area contributed by atoms with Gasteiger partial charge in [0, 0.05) is 13.2 Å². The number of hydrogen-bond donors (Lipinski definition) is 1. The lowest BCUT2D eigenvalue weighted by molar-refractivity contribution is -0.214. The molecule has 3 atom stereocenters. The second kappa shape index (κ2) is 8.46.